The van der Waals surface area contributed by atoms with Gasteiger partial charge in [0.25, 0.3) is 0 Å². The van der Waals surface area contributed by atoms with Crippen LogP contribution in [0.25, 0.3) is 11.1 Å². The lowest BCUT2D eigenvalue weighted by Crippen LogP contribution is -2.14. The molecule has 6 heteroatoms. The van der Waals surface area contributed by atoms with Gasteiger partial charge in [0.1, 0.15) is 0 Å². The Hall–Kier alpha value is -3.15. The van der Waals surface area contributed by atoms with Gasteiger partial charge >= 0.3 is 5.76 Å². The molecule has 0 bridgehead atoms. The third-order valence-electron chi connectivity index (χ3n) is 4.20. The number of nitrogens with one attached hydrogen (secondary N) is 2. The number of anilines is 1. The van der Waals surface area contributed by atoms with E-state index in [0.29, 0.717) is 16.7 Å². The molecular weight excluding hydrogens is 320 g/mol. The van der Waals surface area contributed by atoms with Crippen LogP contribution in [0, 0.1) is 13.8 Å². The van der Waals surface area contributed by atoms with Crippen molar-refractivity contribution in [3.63, 3.8) is 0 Å². The quantitative estimate of drug-likeness (QED) is 0.698. The summed E-state index contributed by atoms with van der Waals surface area (Å²) in [6, 6.07) is 10.4. The number of fused-ring (bicyclic) bond motifs is 1. The zero-order valence-electron chi connectivity index (χ0n) is 14.0. The fourth-order valence-electron chi connectivity index (χ4n) is 2.59. The van der Waals surface area contributed by atoms with Crippen molar-refractivity contribution in [2.45, 2.75) is 26.7 Å². The van der Waals surface area contributed by atoms with Crippen molar-refractivity contribution in [3.05, 3.63) is 63.6 Å². The van der Waals surface area contributed by atoms with Crippen LogP contribution in [0.5, 0.6) is 0 Å². The van der Waals surface area contributed by atoms with E-state index in [1.165, 1.54) is 6.07 Å². The molecule has 0 fully saturated rings. The highest BCUT2D eigenvalue weighted by Crippen LogP contribution is 2.19. The van der Waals surface area contributed by atoms with Crippen molar-refractivity contribution in [3.8, 4) is 0 Å². The summed E-state index contributed by atoms with van der Waals surface area (Å²) < 4.78 is 4.95. The minimum absolute atomic E-state index is 0.0802. The van der Waals surface area contributed by atoms with Crippen molar-refractivity contribution in [1.29, 1.82) is 0 Å². The Balaban J connectivity index is 1.63. The summed E-state index contributed by atoms with van der Waals surface area (Å²) in [5, 5.41) is 2.83. The van der Waals surface area contributed by atoms with Gasteiger partial charge in [-0.15, -0.1) is 0 Å². The molecule has 0 aliphatic heterocycles. The van der Waals surface area contributed by atoms with Crippen molar-refractivity contribution in [2.24, 2.45) is 0 Å². The average Bonchev–Trinajstić information content (AvgIpc) is 2.96. The van der Waals surface area contributed by atoms with Crippen molar-refractivity contribution < 1.29 is 14.0 Å². The number of oxazole rings is 1. The second kappa shape index (κ2) is 6.76. The summed E-state index contributed by atoms with van der Waals surface area (Å²) in [4.78, 5) is 38.0. The minimum Gasteiger partial charge on any atom is -0.408 e. The molecule has 0 atom stereocenters. The molecule has 2 aromatic carbocycles. The highest BCUT2D eigenvalue weighted by molar-refractivity contribution is 6.01. The highest BCUT2D eigenvalue weighted by atomic mass is 16.4. The smallest absolute Gasteiger partial charge is 0.408 e. The van der Waals surface area contributed by atoms with E-state index >= 15 is 0 Å². The van der Waals surface area contributed by atoms with E-state index in [4.69, 9.17) is 4.42 Å². The second-order valence-corrected chi connectivity index (χ2v) is 5.94. The van der Waals surface area contributed by atoms with E-state index in [-0.39, 0.29) is 24.5 Å². The van der Waals surface area contributed by atoms with E-state index in [1.54, 1.807) is 12.1 Å². The second-order valence-electron chi connectivity index (χ2n) is 5.94. The van der Waals surface area contributed by atoms with Crippen LogP contribution in [0.2, 0.25) is 0 Å². The largest absolute Gasteiger partial charge is 0.417 e. The molecule has 3 rings (SSSR count). The summed E-state index contributed by atoms with van der Waals surface area (Å²) in [6.45, 7) is 3.92. The Morgan fingerprint density at radius 3 is 2.72 bits per heavy atom. The van der Waals surface area contributed by atoms with Crippen LogP contribution in [0.1, 0.15) is 34.3 Å². The number of benzene rings is 2. The molecule has 1 heterocycles. The number of aryl methyl sites for hydroxylation is 1. The van der Waals surface area contributed by atoms with Gasteiger partial charge in [-0.1, -0.05) is 12.1 Å². The lowest BCUT2D eigenvalue weighted by Gasteiger charge is -2.10. The first-order chi connectivity index (χ1) is 11.9. The van der Waals surface area contributed by atoms with Gasteiger partial charge in [-0.2, -0.15) is 0 Å². The topological polar surface area (TPSA) is 92.2 Å². The fourth-order valence-corrected chi connectivity index (χ4v) is 2.59. The highest BCUT2D eigenvalue weighted by Gasteiger charge is 2.12. The van der Waals surface area contributed by atoms with Crippen molar-refractivity contribution in [1.82, 2.24) is 4.98 Å². The molecule has 1 aromatic heterocycles. The molecule has 0 aliphatic rings. The number of carbonyl (C=O) groups excluding carboxylic acids is 2. The molecule has 1 amide bonds. The maximum atomic E-state index is 12.3. The molecule has 0 unspecified atom stereocenters. The van der Waals surface area contributed by atoms with Gasteiger partial charge in [-0.25, -0.2) is 4.79 Å². The molecule has 25 heavy (non-hydrogen) atoms. The number of hydrogen-bond acceptors (Lipinski definition) is 4. The average molecular weight is 338 g/mol. The van der Waals surface area contributed by atoms with Gasteiger partial charge in [-0.05, 0) is 49.2 Å². The number of hydrogen-bond donors (Lipinski definition) is 2. The first-order valence-electron chi connectivity index (χ1n) is 7.96. The zero-order valence-corrected chi connectivity index (χ0v) is 14.0. The third-order valence-corrected chi connectivity index (χ3v) is 4.20. The van der Waals surface area contributed by atoms with Gasteiger partial charge in [0.2, 0.25) is 5.91 Å². The first-order valence-corrected chi connectivity index (χ1v) is 7.96. The number of aromatic amines is 1. The van der Waals surface area contributed by atoms with E-state index in [9.17, 15) is 14.4 Å². The van der Waals surface area contributed by atoms with Crippen LogP contribution in [0.4, 0.5) is 5.69 Å². The van der Waals surface area contributed by atoms with Crippen LogP contribution < -0.4 is 11.1 Å². The Morgan fingerprint density at radius 2 is 1.92 bits per heavy atom. The number of ketones is 1. The monoisotopic (exact) mass is 338 g/mol. The lowest BCUT2D eigenvalue weighted by atomic mass is 10.1. The van der Waals surface area contributed by atoms with Gasteiger partial charge in [0.05, 0.1) is 5.52 Å². The molecule has 0 radical (unpaired) electrons. The molecule has 0 spiro atoms. The molecular formula is C19H18N2O4. The van der Waals surface area contributed by atoms with Crippen LogP contribution in [0.3, 0.4) is 0 Å². The maximum absolute atomic E-state index is 12.3. The number of carbonyl (C=O) groups is 2. The van der Waals surface area contributed by atoms with Gasteiger partial charge < -0.3 is 9.73 Å². The van der Waals surface area contributed by atoms with Gasteiger partial charge in [-0.3, -0.25) is 14.6 Å². The van der Waals surface area contributed by atoms with Crippen LogP contribution in [-0.4, -0.2) is 16.7 Å². The molecule has 128 valence electrons. The predicted molar refractivity (Wildman–Crippen MR) is 94.9 cm³/mol. The Morgan fingerprint density at radius 1 is 1.12 bits per heavy atom. The maximum Gasteiger partial charge on any atom is 0.417 e. The van der Waals surface area contributed by atoms with E-state index in [1.807, 2.05) is 32.0 Å². The Kier molecular flexibility index (Phi) is 4.52. The number of rotatable bonds is 5. The third kappa shape index (κ3) is 3.68. The van der Waals surface area contributed by atoms with Gasteiger partial charge in [0.15, 0.2) is 11.4 Å². The summed E-state index contributed by atoms with van der Waals surface area (Å²) >= 11 is 0. The fraction of sp³-hybridized carbons (Fsp3) is 0.211. The Bertz CT molecular complexity index is 1010. The molecule has 6 nitrogen and oxygen atoms in total. The number of aromatic nitrogens is 1. The van der Waals surface area contributed by atoms with Crippen LogP contribution in [-0.2, 0) is 4.79 Å². The lowest BCUT2D eigenvalue weighted by molar-refractivity contribution is -0.116. The first kappa shape index (κ1) is 16.7. The van der Waals surface area contributed by atoms with Crippen molar-refractivity contribution >= 4 is 28.5 Å². The van der Waals surface area contributed by atoms with Crippen LogP contribution >= 0.6 is 0 Å². The number of amides is 1. The van der Waals surface area contributed by atoms with E-state index in [0.717, 1.165) is 16.8 Å². The number of Topliss-reactive ketones (excluding diaryl/α,β-unsaturated/α-hetero) is 1. The van der Waals surface area contributed by atoms with E-state index < -0.39 is 5.76 Å². The Labute approximate surface area is 143 Å². The van der Waals surface area contributed by atoms with Crippen LogP contribution in [0.15, 0.2) is 45.6 Å². The molecule has 0 aliphatic carbocycles. The summed E-state index contributed by atoms with van der Waals surface area (Å²) in [5.41, 5.74) is 4.14. The number of H-pyrrole nitrogens is 1. The van der Waals surface area contributed by atoms with E-state index in [2.05, 4.69) is 10.3 Å². The molecule has 0 saturated carbocycles. The van der Waals surface area contributed by atoms with Gasteiger partial charge in [0, 0.05) is 24.1 Å². The predicted octanol–water partition coefficient (Wildman–Crippen LogP) is 3.34. The summed E-state index contributed by atoms with van der Waals surface area (Å²) in [5.74, 6) is -0.953. The standard InChI is InChI=1S/C19H18N2O4/c1-11-4-3-5-14(12(11)2)20-18(23)9-8-16(22)13-6-7-15-17(10-13)25-19(24)21-15/h3-7,10H,8-9H2,1-2H3,(H,20,23)(H,21,24). The SMILES string of the molecule is Cc1cccc(NC(=O)CCC(=O)c2ccc3[nH]c(=O)oc3c2)c1C. The molecule has 2 N–H and O–H groups in total. The molecule has 3 aromatic rings. The normalized spacial score (nSPS) is 10.8. The zero-order chi connectivity index (χ0) is 18.0. The summed E-state index contributed by atoms with van der Waals surface area (Å²) in [7, 11) is 0. The molecule has 0 saturated heterocycles. The van der Waals surface area contributed by atoms with Crippen molar-refractivity contribution in [2.75, 3.05) is 5.32 Å². The summed E-state index contributed by atoms with van der Waals surface area (Å²) in [6.07, 6.45) is 0.165. The minimum atomic E-state index is -0.562.